The third kappa shape index (κ3) is 5.05. The van der Waals surface area contributed by atoms with E-state index in [4.69, 9.17) is 9.47 Å². The van der Waals surface area contributed by atoms with Crippen LogP contribution in [0.5, 0.6) is 0 Å². The van der Waals surface area contributed by atoms with Crippen molar-refractivity contribution in [3.05, 3.63) is 18.5 Å². The Hall–Kier alpha value is -2.05. The lowest BCUT2D eigenvalue weighted by Gasteiger charge is -2.24. The average Bonchev–Trinajstić information content (AvgIpc) is 3.01. The number of rotatable bonds is 6. The minimum absolute atomic E-state index is 0.133. The molecule has 1 atom stereocenters. The predicted octanol–water partition coefficient (Wildman–Crippen LogP) is 1.87. The maximum absolute atomic E-state index is 12.0. The molecule has 0 aromatic carbocycles. The summed E-state index contributed by atoms with van der Waals surface area (Å²) in [7, 11) is 0. The number of hydrogen-bond donors (Lipinski definition) is 1. The molecule has 0 saturated heterocycles. The van der Waals surface area contributed by atoms with E-state index in [-0.39, 0.29) is 19.2 Å². The molecule has 0 aliphatic heterocycles. The van der Waals surface area contributed by atoms with Crippen molar-refractivity contribution in [2.24, 2.45) is 0 Å². The van der Waals surface area contributed by atoms with E-state index in [1.807, 2.05) is 0 Å². The summed E-state index contributed by atoms with van der Waals surface area (Å²) in [6, 6.07) is 1.87. The van der Waals surface area contributed by atoms with Gasteiger partial charge in [0, 0.05) is 18.4 Å². The summed E-state index contributed by atoms with van der Waals surface area (Å²) in [5.74, 6) is -0.559. The van der Waals surface area contributed by atoms with E-state index in [0.717, 1.165) is 25.7 Å². The number of aromatic nitrogens is 2. The van der Waals surface area contributed by atoms with Crippen LogP contribution in [0.15, 0.2) is 18.5 Å². The van der Waals surface area contributed by atoms with Crippen LogP contribution >= 0.6 is 0 Å². The Morgan fingerprint density at radius 3 is 2.77 bits per heavy atom. The largest absolute Gasteiger partial charge is 0.463 e. The predicted molar refractivity (Wildman–Crippen MR) is 79.1 cm³/mol. The minimum atomic E-state index is -0.997. The van der Waals surface area contributed by atoms with Crippen LogP contribution in [-0.4, -0.2) is 40.6 Å². The molecule has 122 valence electrons. The first-order valence-electron chi connectivity index (χ1n) is 7.80. The zero-order valence-corrected chi connectivity index (χ0v) is 12.9. The van der Waals surface area contributed by atoms with E-state index >= 15 is 0 Å². The quantitative estimate of drug-likeness (QED) is 0.811. The normalized spacial score (nSPS) is 16.8. The summed E-state index contributed by atoms with van der Waals surface area (Å²) >= 11 is 0. The Labute approximate surface area is 130 Å². The highest BCUT2D eigenvalue weighted by molar-refractivity contribution is 5.78. The number of hydrogen-bond acceptors (Lipinski definition) is 5. The molecular weight excluding hydrogens is 286 g/mol. The molecule has 2 rings (SSSR count). The Morgan fingerprint density at radius 1 is 1.36 bits per heavy atom. The molecule has 7 nitrogen and oxygen atoms in total. The van der Waals surface area contributed by atoms with Gasteiger partial charge in [0.25, 0.3) is 0 Å². The second-order valence-electron chi connectivity index (χ2n) is 5.35. The van der Waals surface area contributed by atoms with Gasteiger partial charge in [-0.1, -0.05) is 19.3 Å². The molecular formula is C15H23N3O4. The lowest BCUT2D eigenvalue weighted by molar-refractivity contribution is -0.154. The van der Waals surface area contributed by atoms with E-state index in [1.165, 1.54) is 11.1 Å². The third-order valence-electron chi connectivity index (χ3n) is 3.64. The number of amides is 1. The Bertz CT molecular complexity index is 469. The van der Waals surface area contributed by atoms with E-state index in [9.17, 15) is 9.59 Å². The van der Waals surface area contributed by atoms with Crippen molar-refractivity contribution < 1.29 is 19.1 Å². The van der Waals surface area contributed by atoms with Gasteiger partial charge in [-0.3, -0.25) is 4.68 Å². The standard InChI is InChI=1S/C15H23N3O4/c1-2-21-14(19)13(11-18-10-6-9-16-18)22-15(20)17-12-7-4-3-5-8-12/h6,9-10,12-13H,2-5,7-8,11H2,1H3,(H,17,20). The second-order valence-corrected chi connectivity index (χ2v) is 5.35. The van der Waals surface area contributed by atoms with E-state index in [1.54, 1.807) is 25.4 Å². The molecule has 1 N–H and O–H groups in total. The molecule has 1 saturated carbocycles. The molecule has 1 amide bonds. The maximum Gasteiger partial charge on any atom is 0.408 e. The minimum Gasteiger partial charge on any atom is -0.463 e. The molecule has 7 heteroatoms. The van der Waals surface area contributed by atoms with E-state index in [0.29, 0.717) is 0 Å². The molecule has 0 bridgehead atoms. The number of esters is 1. The third-order valence-corrected chi connectivity index (χ3v) is 3.64. The van der Waals surface area contributed by atoms with E-state index < -0.39 is 18.2 Å². The van der Waals surface area contributed by atoms with Gasteiger partial charge in [-0.25, -0.2) is 9.59 Å². The lowest BCUT2D eigenvalue weighted by atomic mass is 9.96. The highest BCUT2D eigenvalue weighted by Crippen LogP contribution is 2.17. The van der Waals surface area contributed by atoms with Gasteiger partial charge in [0.15, 0.2) is 0 Å². The summed E-state index contributed by atoms with van der Waals surface area (Å²) in [6.45, 7) is 2.09. The van der Waals surface area contributed by atoms with Gasteiger partial charge < -0.3 is 14.8 Å². The smallest absolute Gasteiger partial charge is 0.408 e. The van der Waals surface area contributed by atoms with Crippen LogP contribution in [0, 0.1) is 0 Å². The van der Waals surface area contributed by atoms with Gasteiger partial charge in [-0.05, 0) is 25.8 Å². The van der Waals surface area contributed by atoms with Gasteiger partial charge in [-0.2, -0.15) is 5.10 Å². The van der Waals surface area contributed by atoms with Crippen LogP contribution < -0.4 is 5.32 Å². The van der Waals surface area contributed by atoms with Crippen molar-refractivity contribution in [2.45, 2.75) is 57.7 Å². The number of carbonyl (C=O) groups is 2. The first-order chi connectivity index (χ1) is 10.7. The Kier molecular flexibility index (Phi) is 6.24. The fourth-order valence-electron chi connectivity index (χ4n) is 2.55. The Morgan fingerprint density at radius 2 is 2.14 bits per heavy atom. The molecule has 0 spiro atoms. The van der Waals surface area contributed by atoms with Crippen LogP contribution in [0.25, 0.3) is 0 Å². The van der Waals surface area contributed by atoms with Crippen molar-refractivity contribution in [3.63, 3.8) is 0 Å². The van der Waals surface area contributed by atoms with Gasteiger partial charge in [0.1, 0.15) is 0 Å². The molecule has 1 heterocycles. The molecule has 1 unspecified atom stereocenters. The van der Waals surface area contributed by atoms with Crippen molar-refractivity contribution in [3.8, 4) is 0 Å². The van der Waals surface area contributed by atoms with Crippen molar-refractivity contribution >= 4 is 12.1 Å². The SMILES string of the molecule is CCOC(=O)C(Cn1cccn1)OC(=O)NC1CCCCC1. The summed E-state index contributed by atoms with van der Waals surface area (Å²) in [5.41, 5.74) is 0. The van der Waals surface area contributed by atoms with Gasteiger partial charge in [-0.15, -0.1) is 0 Å². The monoisotopic (exact) mass is 309 g/mol. The number of nitrogens with zero attached hydrogens (tertiary/aromatic N) is 2. The molecule has 1 fully saturated rings. The van der Waals surface area contributed by atoms with Crippen molar-refractivity contribution in [1.82, 2.24) is 15.1 Å². The zero-order chi connectivity index (χ0) is 15.8. The Balaban J connectivity index is 1.89. The van der Waals surface area contributed by atoms with Gasteiger partial charge in [0.2, 0.25) is 6.10 Å². The van der Waals surface area contributed by atoms with Crippen molar-refractivity contribution in [2.75, 3.05) is 6.61 Å². The summed E-state index contributed by atoms with van der Waals surface area (Å²) in [4.78, 5) is 23.9. The molecule has 1 aliphatic rings. The van der Waals surface area contributed by atoms with Crippen LogP contribution in [0.4, 0.5) is 4.79 Å². The number of alkyl carbamates (subject to hydrolysis) is 1. The molecule has 1 aromatic heterocycles. The topological polar surface area (TPSA) is 82.5 Å². The molecule has 1 aromatic rings. The number of nitrogens with one attached hydrogen (secondary N) is 1. The van der Waals surface area contributed by atoms with Crippen LogP contribution in [0.2, 0.25) is 0 Å². The van der Waals surface area contributed by atoms with Gasteiger partial charge in [0.05, 0.1) is 13.2 Å². The lowest BCUT2D eigenvalue weighted by Crippen LogP contribution is -2.41. The first-order valence-corrected chi connectivity index (χ1v) is 7.80. The number of ether oxygens (including phenoxy) is 2. The fraction of sp³-hybridized carbons (Fsp3) is 0.667. The second kappa shape index (κ2) is 8.41. The molecule has 1 aliphatic carbocycles. The van der Waals surface area contributed by atoms with Crippen LogP contribution in [0.1, 0.15) is 39.0 Å². The summed E-state index contributed by atoms with van der Waals surface area (Å²) < 4.78 is 11.8. The highest BCUT2D eigenvalue weighted by Gasteiger charge is 2.26. The maximum atomic E-state index is 12.0. The highest BCUT2D eigenvalue weighted by atomic mass is 16.6. The summed E-state index contributed by atoms with van der Waals surface area (Å²) in [6.07, 6.45) is 7.08. The fourth-order valence-corrected chi connectivity index (χ4v) is 2.55. The first kappa shape index (κ1) is 16.3. The average molecular weight is 309 g/mol. The zero-order valence-electron chi connectivity index (χ0n) is 12.9. The molecule has 0 radical (unpaired) electrons. The molecule has 22 heavy (non-hydrogen) atoms. The number of carbonyl (C=O) groups excluding carboxylic acids is 2. The van der Waals surface area contributed by atoms with Crippen LogP contribution in [-0.2, 0) is 20.8 Å². The van der Waals surface area contributed by atoms with Crippen LogP contribution in [0.3, 0.4) is 0 Å². The summed E-state index contributed by atoms with van der Waals surface area (Å²) in [5, 5.41) is 6.85. The van der Waals surface area contributed by atoms with Gasteiger partial charge >= 0.3 is 12.1 Å². The van der Waals surface area contributed by atoms with E-state index in [2.05, 4.69) is 10.4 Å². The van der Waals surface area contributed by atoms with Crippen molar-refractivity contribution in [1.29, 1.82) is 0 Å².